The lowest BCUT2D eigenvalue weighted by atomic mass is 10.1. The number of fused-ring (bicyclic) bond motifs is 2. The molecule has 1 aliphatic rings. The van der Waals surface area contributed by atoms with E-state index in [2.05, 4.69) is 9.97 Å². The van der Waals surface area contributed by atoms with Crippen LogP contribution in [0.1, 0.15) is 0 Å². The molecule has 0 unspecified atom stereocenters. The SMILES string of the molecule is O=C(Cn1c2ccccc2c(=O)c2ccccc21)OCC(=O)N1CCN(c2ncccn2)CC1. The number of carbonyl (C=O) groups excluding carboxylic acids is 2. The molecule has 1 saturated heterocycles. The first-order valence-electron chi connectivity index (χ1n) is 11.1. The number of esters is 1. The van der Waals surface area contributed by atoms with Crippen LogP contribution in [0, 0.1) is 0 Å². The summed E-state index contributed by atoms with van der Waals surface area (Å²) in [5.74, 6) is -0.137. The Morgan fingerprint density at radius 1 is 0.824 bits per heavy atom. The zero-order valence-corrected chi connectivity index (χ0v) is 18.5. The topological polar surface area (TPSA) is 97.6 Å². The number of hydrogen-bond acceptors (Lipinski definition) is 7. The molecule has 0 saturated carbocycles. The molecule has 4 aromatic rings. The Morgan fingerprint density at radius 2 is 1.41 bits per heavy atom. The van der Waals surface area contributed by atoms with Gasteiger partial charge in [-0.25, -0.2) is 9.97 Å². The minimum Gasteiger partial charge on any atom is -0.454 e. The number of para-hydroxylation sites is 2. The summed E-state index contributed by atoms with van der Waals surface area (Å²) < 4.78 is 7.09. The van der Waals surface area contributed by atoms with Gasteiger partial charge in [0.25, 0.3) is 5.91 Å². The summed E-state index contributed by atoms with van der Waals surface area (Å²) in [5, 5.41) is 1.07. The van der Waals surface area contributed by atoms with Crippen molar-refractivity contribution in [1.82, 2.24) is 19.4 Å². The second-order valence-corrected chi connectivity index (χ2v) is 8.03. The number of rotatable bonds is 5. The Morgan fingerprint density at radius 3 is 2.03 bits per heavy atom. The largest absolute Gasteiger partial charge is 0.454 e. The third-order valence-electron chi connectivity index (χ3n) is 5.99. The fourth-order valence-corrected chi connectivity index (χ4v) is 4.27. The molecule has 0 aliphatic carbocycles. The first-order chi connectivity index (χ1) is 16.6. The molecule has 1 amide bonds. The zero-order chi connectivity index (χ0) is 23.5. The molecule has 172 valence electrons. The van der Waals surface area contributed by atoms with Crippen molar-refractivity contribution >= 4 is 39.6 Å². The maximum atomic E-state index is 12.8. The molecule has 34 heavy (non-hydrogen) atoms. The van der Waals surface area contributed by atoms with Crippen LogP contribution in [-0.2, 0) is 20.9 Å². The molecule has 0 N–H and O–H groups in total. The molecule has 0 spiro atoms. The smallest absolute Gasteiger partial charge is 0.326 e. The van der Waals surface area contributed by atoms with Crippen LogP contribution >= 0.6 is 0 Å². The summed E-state index contributed by atoms with van der Waals surface area (Å²) in [7, 11) is 0. The second kappa shape index (κ2) is 9.30. The van der Waals surface area contributed by atoms with Crippen LogP contribution in [-0.4, -0.2) is 64.1 Å². The van der Waals surface area contributed by atoms with E-state index in [1.807, 2.05) is 17.0 Å². The number of amides is 1. The number of hydrogen-bond donors (Lipinski definition) is 0. The highest BCUT2D eigenvalue weighted by atomic mass is 16.5. The predicted molar refractivity (Wildman–Crippen MR) is 127 cm³/mol. The van der Waals surface area contributed by atoms with Gasteiger partial charge in [0.05, 0.1) is 11.0 Å². The Kier molecular flexibility index (Phi) is 5.90. The molecule has 1 fully saturated rings. The van der Waals surface area contributed by atoms with Crippen LogP contribution in [0.3, 0.4) is 0 Å². The molecule has 0 bridgehead atoms. The number of aromatic nitrogens is 3. The van der Waals surface area contributed by atoms with Crippen LogP contribution in [0.4, 0.5) is 5.95 Å². The van der Waals surface area contributed by atoms with Gasteiger partial charge in [-0.2, -0.15) is 0 Å². The van der Waals surface area contributed by atoms with Gasteiger partial charge < -0.3 is 19.1 Å². The Labute approximate surface area is 195 Å². The molecule has 5 rings (SSSR count). The fraction of sp³-hybridized carbons (Fsp3) is 0.240. The average molecular weight is 457 g/mol. The summed E-state index contributed by atoms with van der Waals surface area (Å²) >= 11 is 0. The van der Waals surface area contributed by atoms with Gasteiger partial charge in [-0.05, 0) is 30.3 Å². The number of carbonyl (C=O) groups is 2. The van der Waals surface area contributed by atoms with Crippen molar-refractivity contribution in [3.63, 3.8) is 0 Å². The third kappa shape index (κ3) is 4.19. The van der Waals surface area contributed by atoms with Crippen molar-refractivity contribution in [3.8, 4) is 0 Å². The molecule has 2 aromatic carbocycles. The number of pyridine rings is 1. The summed E-state index contributed by atoms with van der Waals surface area (Å²) in [4.78, 5) is 50.3. The number of piperazine rings is 1. The van der Waals surface area contributed by atoms with E-state index >= 15 is 0 Å². The van der Waals surface area contributed by atoms with E-state index in [0.717, 1.165) is 0 Å². The summed E-state index contributed by atoms with van der Waals surface area (Å²) in [5.41, 5.74) is 1.22. The highest BCUT2D eigenvalue weighted by Crippen LogP contribution is 2.19. The van der Waals surface area contributed by atoms with E-state index in [1.165, 1.54) is 0 Å². The van der Waals surface area contributed by atoms with Gasteiger partial charge in [0.2, 0.25) is 5.95 Å². The second-order valence-electron chi connectivity index (χ2n) is 8.03. The zero-order valence-electron chi connectivity index (χ0n) is 18.5. The van der Waals surface area contributed by atoms with Gasteiger partial charge in [0.15, 0.2) is 12.0 Å². The number of anilines is 1. The van der Waals surface area contributed by atoms with Gasteiger partial charge in [-0.1, -0.05) is 24.3 Å². The van der Waals surface area contributed by atoms with Gasteiger partial charge in [-0.3, -0.25) is 14.4 Å². The van der Waals surface area contributed by atoms with E-state index < -0.39 is 5.97 Å². The standard InChI is InChI=1S/C25H23N5O4/c31-22(28-12-14-29(15-13-28)25-26-10-5-11-27-25)17-34-23(32)16-30-20-8-3-1-6-18(20)24(33)19-7-2-4-9-21(19)30/h1-11H,12-17H2. The summed E-state index contributed by atoms with van der Waals surface area (Å²) in [6.45, 7) is 1.80. The van der Waals surface area contributed by atoms with Crippen LogP contribution in [0.15, 0.2) is 71.8 Å². The molecule has 3 heterocycles. The molecule has 2 aromatic heterocycles. The first-order valence-corrected chi connectivity index (χ1v) is 11.1. The van der Waals surface area contributed by atoms with Crippen molar-refractivity contribution in [1.29, 1.82) is 0 Å². The van der Waals surface area contributed by atoms with Crippen molar-refractivity contribution in [2.45, 2.75) is 6.54 Å². The molecular formula is C25H23N5O4. The van der Waals surface area contributed by atoms with Crippen LogP contribution in [0.25, 0.3) is 21.8 Å². The number of nitrogens with zero attached hydrogens (tertiary/aromatic N) is 5. The van der Waals surface area contributed by atoms with Crippen molar-refractivity contribution in [3.05, 3.63) is 77.2 Å². The highest BCUT2D eigenvalue weighted by Gasteiger charge is 2.23. The van der Waals surface area contributed by atoms with Crippen molar-refractivity contribution in [2.24, 2.45) is 0 Å². The molecule has 0 radical (unpaired) electrons. The Bertz CT molecular complexity index is 1350. The maximum absolute atomic E-state index is 12.8. The lowest BCUT2D eigenvalue weighted by Crippen LogP contribution is -2.50. The Balaban J connectivity index is 1.24. The third-order valence-corrected chi connectivity index (χ3v) is 5.99. The minimum absolute atomic E-state index is 0.0777. The summed E-state index contributed by atoms with van der Waals surface area (Å²) in [6.07, 6.45) is 3.38. The molecule has 0 atom stereocenters. The molecule has 9 nitrogen and oxygen atoms in total. The average Bonchev–Trinajstić information content (AvgIpc) is 2.90. The number of benzene rings is 2. The van der Waals surface area contributed by atoms with Gasteiger partial charge in [-0.15, -0.1) is 0 Å². The van der Waals surface area contributed by atoms with Crippen LogP contribution in [0.5, 0.6) is 0 Å². The van der Waals surface area contributed by atoms with E-state index in [9.17, 15) is 14.4 Å². The fourth-order valence-electron chi connectivity index (χ4n) is 4.27. The monoisotopic (exact) mass is 457 g/mol. The minimum atomic E-state index is -0.538. The van der Waals surface area contributed by atoms with Crippen molar-refractivity contribution < 1.29 is 14.3 Å². The van der Waals surface area contributed by atoms with E-state index in [1.54, 1.807) is 64.3 Å². The normalized spacial score (nSPS) is 13.9. The van der Waals surface area contributed by atoms with Crippen LogP contribution in [0.2, 0.25) is 0 Å². The lowest BCUT2D eigenvalue weighted by Gasteiger charge is -2.34. The lowest BCUT2D eigenvalue weighted by molar-refractivity contribution is -0.152. The molecule has 1 aliphatic heterocycles. The van der Waals surface area contributed by atoms with Crippen molar-refractivity contribution in [2.75, 3.05) is 37.7 Å². The van der Waals surface area contributed by atoms with Gasteiger partial charge in [0.1, 0.15) is 6.54 Å². The van der Waals surface area contributed by atoms with E-state index in [4.69, 9.17) is 4.74 Å². The number of ether oxygens (including phenoxy) is 1. The van der Waals surface area contributed by atoms with Gasteiger partial charge in [0, 0.05) is 49.3 Å². The van der Waals surface area contributed by atoms with E-state index in [-0.39, 0.29) is 24.5 Å². The Hall–Kier alpha value is -4.27. The first kappa shape index (κ1) is 21.6. The van der Waals surface area contributed by atoms with E-state index in [0.29, 0.717) is 53.9 Å². The van der Waals surface area contributed by atoms with Crippen LogP contribution < -0.4 is 10.3 Å². The summed E-state index contributed by atoms with van der Waals surface area (Å²) in [6, 6.07) is 16.1. The maximum Gasteiger partial charge on any atom is 0.326 e. The van der Waals surface area contributed by atoms with Gasteiger partial charge >= 0.3 is 5.97 Å². The molecule has 9 heteroatoms. The highest BCUT2D eigenvalue weighted by molar-refractivity contribution is 5.94. The predicted octanol–water partition coefficient (Wildman–Crippen LogP) is 1.84. The quantitative estimate of drug-likeness (QED) is 0.333. The molecular weight excluding hydrogens is 434 g/mol.